The summed E-state index contributed by atoms with van der Waals surface area (Å²) in [6.45, 7) is 4.10. The van der Waals surface area contributed by atoms with Crippen LogP contribution in [0.15, 0.2) is 36.5 Å². The Kier molecular flexibility index (Phi) is 36.5. The Bertz CT molecular complexity index is 881. The summed E-state index contributed by atoms with van der Waals surface area (Å²) < 4.78 is 22.1. The van der Waals surface area contributed by atoms with E-state index in [4.69, 9.17) is 14.8 Å². The molecule has 9 heteroatoms. The Hall–Kier alpha value is -1.28. The number of nitrogens with two attached hydrogens (primary N) is 1. The molecule has 0 aliphatic heterocycles. The maximum Gasteiger partial charge on any atom is 0.472 e. The van der Waals surface area contributed by atoms with Crippen LogP contribution >= 0.6 is 7.82 Å². The number of carbonyl (C=O) groups is 1. The molecule has 0 aliphatic rings. The van der Waals surface area contributed by atoms with Crippen molar-refractivity contribution in [3.05, 3.63) is 36.5 Å². The molecule has 0 aromatic heterocycles. The van der Waals surface area contributed by atoms with Gasteiger partial charge in [-0.1, -0.05) is 166 Å². The van der Waals surface area contributed by atoms with Gasteiger partial charge in [0.05, 0.1) is 25.4 Å². The van der Waals surface area contributed by atoms with Crippen molar-refractivity contribution >= 4 is 13.7 Å². The van der Waals surface area contributed by atoms with Crippen molar-refractivity contribution in [2.45, 2.75) is 199 Å². The van der Waals surface area contributed by atoms with Crippen LogP contribution in [-0.4, -0.2) is 47.8 Å². The van der Waals surface area contributed by atoms with Gasteiger partial charge in [-0.15, -0.1) is 0 Å². The summed E-state index contributed by atoms with van der Waals surface area (Å²) in [6, 6.07) is -0.866. The quantitative estimate of drug-likeness (QED) is 0.0283. The van der Waals surface area contributed by atoms with Crippen LogP contribution in [0.3, 0.4) is 0 Å². The Morgan fingerprint density at radius 1 is 0.660 bits per heavy atom. The fraction of sp³-hybridized carbons (Fsp3) is 0.829. The Morgan fingerprint density at radius 2 is 1.10 bits per heavy atom. The van der Waals surface area contributed by atoms with Gasteiger partial charge in [-0.25, -0.2) is 4.57 Å². The number of aliphatic hydroxyl groups excluding tert-OH is 1. The molecule has 0 aromatic rings. The van der Waals surface area contributed by atoms with Crippen LogP contribution < -0.4 is 11.1 Å². The minimum Gasteiger partial charge on any atom is -0.387 e. The van der Waals surface area contributed by atoms with Crippen molar-refractivity contribution in [3.63, 3.8) is 0 Å². The lowest BCUT2D eigenvalue weighted by atomic mass is 10.0. The second kappa shape index (κ2) is 37.5. The SMILES string of the molecule is CCCCCC/C=C\C/C=C\CCCCCCCC(=O)NC(COP(=O)(O)OCCN)C(O)/C=C/CCCCCCCCCCCCCCC. The first-order valence-electron chi connectivity index (χ1n) is 20.6. The van der Waals surface area contributed by atoms with Gasteiger partial charge in [-0.3, -0.25) is 13.8 Å². The Balaban J connectivity index is 4.30. The van der Waals surface area contributed by atoms with Gasteiger partial charge >= 0.3 is 7.82 Å². The number of rotatable bonds is 38. The molecule has 294 valence electrons. The van der Waals surface area contributed by atoms with Gasteiger partial charge in [0.15, 0.2) is 0 Å². The van der Waals surface area contributed by atoms with Gasteiger partial charge in [0.1, 0.15) is 0 Å². The van der Waals surface area contributed by atoms with E-state index < -0.39 is 20.0 Å². The van der Waals surface area contributed by atoms with Crippen molar-refractivity contribution in [3.8, 4) is 0 Å². The first-order valence-corrected chi connectivity index (χ1v) is 22.1. The third-order valence-electron chi connectivity index (χ3n) is 8.96. The van der Waals surface area contributed by atoms with Crippen LogP contribution in [0.2, 0.25) is 0 Å². The summed E-state index contributed by atoms with van der Waals surface area (Å²) in [4.78, 5) is 22.6. The molecule has 0 saturated heterocycles. The molecule has 0 aromatic carbocycles. The van der Waals surface area contributed by atoms with E-state index in [1.54, 1.807) is 6.08 Å². The lowest BCUT2D eigenvalue weighted by Gasteiger charge is -2.23. The molecule has 0 fully saturated rings. The topological polar surface area (TPSA) is 131 Å². The van der Waals surface area contributed by atoms with Crippen LogP contribution in [0, 0.1) is 0 Å². The third-order valence-corrected chi connectivity index (χ3v) is 9.94. The Morgan fingerprint density at radius 3 is 1.60 bits per heavy atom. The van der Waals surface area contributed by atoms with Gasteiger partial charge in [0.2, 0.25) is 5.91 Å². The second-order valence-electron chi connectivity index (χ2n) is 13.8. The third kappa shape index (κ3) is 35.1. The van der Waals surface area contributed by atoms with E-state index >= 15 is 0 Å². The predicted molar refractivity (Wildman–Crippen MR) is 212 cm³/mol. The number of amides is 1. The maximum atomic E-state index is 12.7. The summed E-state index contributed by atoms with van der Waals surface area (Å²) in [5.74, 6) is -0.209. The van der Waals surface area contributed by atoms with E-state index in [-0.39, 0.29) is 25.7 Å². The highest BCUT2D eigenvalue weighted by molar-refractivity contribution is 7.47. The summed E-state index contributed by atoms with van der Waals surface area (Å²) in [6.07, 6.45) is 43.2. The molecule has 1 amide bonds. The second-order valence-corrected chi connectivity index (χ2v) is 15.3. The highest BCUT2D eigenvalue weighted by Gasteiger charge is 2.26. The fourth-order valence-corrected chi connectivity index (χ4v) is 6.57. The number of nitrogens with one attached hydrogen (secondary N) is 1. The lowest BCUT2D eigenvalue weighted by Crippen LogP contribution is -2.45. The van der Waals surface area contributed by atoms with Crippen molar-refractivity contribution in [1.29, 1.82) is 0 Å². The average molecular weight is 727 g/mol. The standard InChI is InChI=1S/C41H79N2O6P/c1-3-5-7-9-11-13-15-17-19-21-23-25-27-29-31-33-35-41(45)43-39(38-49-50(46,47)48-37-36-42)40(44)34-32-30-28-26-24-22-20-18-16-14-12-10-8-6-4-2/h13,15,19,21,32,34,39-40,44H,3-12,14,16-18,20,22-31,33,35-38,42H2,1-2H3,(H,43,45)(H,46,47)/b15-13-,21-19-,34-32+. The van der Waals surface area contributed by atoms with E-state index in [1.165, 1.54) is 103 Å². The fourth-order valence-electron chi connectivity index (χ4n) is 5.81. The smallest absolute Gasteiger partial charge is 0.387 e. The molecule has 3 atom stereocenters. The average Bonchev–Trinajstić information content (AvgIpc) is 3.10. The van der Waals surface area contributed by atoms with Crippen molar-refractivity contribution in [2.75, 3.05) is 19.8 Å². The summed E-state index contributed by atoms with van der Waals surface area (Å²) in [5.41, 5.74) is 5.36. The Labute approximate surface area is 308 Å². The largest absolute Gasteiger partial charge is 0.472 e. The molecule has 0 bridgehead atoms. The lowest BCUT2D eigenvalue weighted by molar-refractivity contribution is -0.123. The molecule has 5 N–H and O–H groups in total. The molecule has 8 nitrogen and oxygen atoms in total. The number of hydrogen-bond acceptors (Lipinski definition) is 6. The zero-order chi connectivity index (χ0) is 36.8. The first kappa shape index (κ1) is 48.7. The van der Waals surface area contributed by atoms with E-state index in [2.05, 4.69) is 43.5 Å². The molecule has 0 saturated carbocycles. The molecule has 0 rings (SSSR count). The first-order chi connectivity index (χ1) is 24.4. The summed E-state index contributed by atoms with van der Waals surface area (Å²) >= 11 is 0. The summed E-state index contributed by atoms with van der Waals surface area (Å²) in [7, 11) is -4.34. The number of allylic oxidation sites excluding steroid dienone is 5. The number of carbonyl (C=O) groups excluding carboxylic acids is 1. The number of unbranched alkanes of at least 4 members (excludes halogenated alkanes) is 22. The minimum absolute atomic E-state index is 0.0756. The number of aliphatic hydroxyl groups is 1. The zero-order valence-corrected chi connectivity index (χ0v) is 33.3. The molecular formula is C41H79N2O6P. The molecule has 0 aliphatic carbocycles. The molecule has 0 heterocycles. The molecule has 50 heavy (non-hydrogen) atoms. The van der Waals surface area contributed by atoms with Crippen LogP contribution in [0.5, 0.6) is 0 Å². The van der Waals surface area contributed by atoms with Gasteiger partial charge in [-0.2, -0.15) is 0 Å². The predicted octanol–water partition coefficient (Wildman–Crippen LogP) is 11.2. The summed E-state index contributed by atoms with van der Waals surface area (Å²) in [5, 5.41) is 13.6. The minimum atomic E-state index is -4.34. The van der Waals surface area contributed by atoms with E-state index in [0.717, 1.165) is 64.2 Å². The van der Waals surface area contributed by atoms with Gasteiger partial charge in [0.25, 0.3) is 0 Å². The zero-order valence-electron chi connectivity index (χ0n) is 32.4. The van der Waals surface area contributed by atoms with Crippen molar-refractivity contribution in [1.82, 2.24) is 5.32 Å². The van der Waals surface area contributed by atoms with E-state index in [9.17, 15) is 19.4 Å². The maximum absolute atomic E-state index is 12.7. The number of phosphoric acid groups is 1. The molecule has 0 spiro atoms. The van der Waals surface area contributed by atoms with Gasteiger partial charge < -0.3 is 21.1 Å². The highest BCUT2D eigenvalue weighted by atomic mass is 31.2. The molecule has 3 unspecified atom stereocenters. The van der Waals surface area contributed by atoms with Crippen molar-refractivity contribution in [2.24, 2.45) is 5.73 Å². The van der Waals surface area contributed by atoms with Crippen LogP contribution in [0.4, 0.5) is 0 Å². The monoisotopic (exact) mass is 727 g/mol. The normalized spacial score (nSPS) is 14.6. The van der Waals surface area contributed by atoms with Crippen LogP contribution in [-0.2, 0) is 18.4 Å². The van der Waals surface area contributed by atoms with Crippen LogP contribution in [0.25, 0.3) is 0 Å². The number of hydrogen-bond donors (Lipinski definition) is 4. The van der Waals surface area contributed by atoms with Crippen molar-refractivity contribution < 1.29 is 28.4 Å². The van der Waals surface area contributed by atoms with Gasteiger partial charge in [-0.05, 0) is 51.4 Å². The number of phosphoric ester groups is 1. The van der Waals surface area contributed by atoms with E-state index in [1.807, 2.05) is 6.08 Å². The molecule has 0 radical (unpaired) electrons. The molecular weight excluding hydrogens is 647 g/mol. The van der Waals surface area contributed by atoms with Crippen LogP contribution in [0.1, 0.15) is 187 Å². The highest BCUT2D eigenvalue weighted by Crippen LogP contribution is 2.43. The van der Waals surface area contributed by atoms with Gasteiger partial charge in [0, 0.05) is 13.0 Å². The van der Waals surface area contributed by atoms with E-state index in [0.29, 0.717) is 6.42 Å².